The third-order valence-corrected chi connectivity index (χ3v) is 2.00. The molecule has 0 radical (unpaired) electrons. The van der Waals surface area contributed by atoms with Crippen molar-refractivity contribution in [2.45, 2.75) is 25.1 Å². The minimum Gasteiger partial charge on any atom is -0.481 e. The number of carboxylic acids is 1. The molecule has 3 nitrogen and oxygen atoms in total. The van der Waals surface area contributed by atoms with E-state index < -0.39 is 30.6 Å². The van der Waals surface area contributed by atoms with Crippen molar-refractivity contribution in [2.24, 2.45) is 5.92 Å². The highest BCUT2D eigenvalue weighted by atomic mass is 19.4. The van der Waals surface area contributed by atoms with Gasteiger partial charge < -0.3 is 9.84 Å². The molecule has 0 amide bonds. The van der Waals surface area contributed by atoms with Gasteiger partial charge in [-0.05, 0) is 12.8 Å². The Bertz CT molecular complexity index is 202. The minimum absolute atomic E-state index is 0.138. The van der Waals surface area contributed by atoms with Gasteiger partial charge in [0.25, 0.3) is 0 Å². The molecule has 1 saturated heterocycles. The summed E-state index contributed by atoms with van der Waals surface area (Å²) in [5.41, 5.74) is 0. The third kappa shape index (κ3) is 2.58. The van der Waals surface area contributed by atoms with E-state index in [4.69, 9.17) is 5.11 Å². The number of aliphatic carboxylic acids is 1. The van der Waals surface area contributed by atoms with Gasteiger partial charge >= 0.3 is 12.1 Å². The van der Waals surface area contributed by atoms with E-state index in [1.54, 1.807) is 0 Å². The van der Waals surface area contributed by atoms with Gasteiger partial charge in [0.1, 0.15) is 0 Å². The number of halogens is 3. The summed E-state index contributed by atoms with van der Waals surface area (Å²) in [7, 11) is 0. The van der Waals surface area contributed by atoms with E-state index in [9.17, 15) is 18.0 Å². The van der Waals surface area contributed by atoms with Crippen molar-refractivity contribution in [3.05, 3.63) is 0 Å². The van der Waals surface area contributed by atoms with Gasteiger partial charge in [-0.1, -0.05) is 0 Å². The Morgan fingerprint density at radius 1 is 1.46 bits per heavy atom. The third-order valence-electron chi connectivity index (χ3n) is 2.00. The smallest absolute Gasteiger partial charge is 0.414 e. The van der Waals surface area contributed by atoms with Gasteiger partial charge in [0.05, 0.1) is 5.92 Å². The molecular weight excluding hydrogens is 189 g/mol. The first-order valence-corrected chi connectivity index (χ1v) is 3.82. The summed E-state index contributed by atoms with van der Waals surface area (Å²) in [5, 5.41) is 8.50. The molecule has 13 heavy (non-hydrogen) atoms. The fourth-order valence-corrected chi connectivity index (χ4v) is 1.25. The number of hydrogen-bond acceptors (Lipinski definition) is 2. The number of rotatable bonds is 1. The van der Waals surface area contributed by atoms with Gasteiger partial charge in [-0.15, -0.1) is 0 Å². The first-order chi connectivity index (χ1) is 5.91. The maximum absolute atomic E-state index is 12.1. The Morgan fingerprint density at radius 2 is 2.08 bits per heavy atom. The molecule has 2 atom stereocenters. The van der Waals surface area contributed by atoms with Gasteiger partial charge in [0, 0.05) is 6.61 Å². The zero-order chi connectivity index (χ0) is 10.1. The summed E-state index contributed by atoms with van der Waals surface area (Å²) < 4.78 is 40.6. The summed E-state index contributed by atoms with van der Waals surface area (Å²) in [4.78, 5) is 10.4. The Balaban J connectivity index is 2.57. The lowest BCUT2D eigenvalue weighted by Gasteiger charge is -2.28. The lowest BCUT2D eigenvalue weighted by molar-refractivity contribution is -0.236. The quantitative estimate of drug-likeness (QED) is 0.693. The molecule has 1 rings (SSSR count). The molecule has 1 aliphatic rings. The Hall–Kier alpha value is -0.780. The second kappa shape index (κ2) is 3.53. The van der Waals surface area contributed by atoms with Crippen LogP contribution in [0.15, 0.2) is 0 Å². The summed E-state index contributed by atoms with van der Waals surface area (Å²) in [6, 6.07) is 0. The molecule has 0 aromatic rings. The van der Waals surface area contributed by atoms with Gasteiger partial charge in [-0.3, -0.25) is 4.79 Å². The van der Waals surface area contributed by atoms with Crippen molar-refractivity contribution in [2.75, 3.05) is 6.61 Å². The number of alkyl halides is 3. The molecule has 0 saturated carbocycles. The van der Waals surface area contributed by atoms with Crippen LogP contribution in [-0.2, 0) is 9.53 Å². The molecular formula is C7H9F3O3. The normalized spacial score (nSPS) is 30.1. The van der Waals surface area contributed by atoms with E-state index in [0.717, 1.165) is 0 Å². The van der Waals surface area contributed by atoms with Gasteiger partial charge in [-0.25, -0.2) is 0 Å². The predicted molar refractivity (Wildman–Crippen MR) is 36.2 cm³/mol. The average molecular weight is 198 g/mol. The van der Waals surface area contributed by atoms with Crippen molar-refractivity contribution >= 4 is 5.97 Å². The molecule has 0 aromatic heterocycles. The number of carbonyl (C=O) groups is 1. The topological polar surface area (TPSA) is 46.5 Å². The van der Waals surface area contributed by atoms with Crippen LogP contribution in [0.4, 0.5) is 13.2 Å². The number of ether oxygens (including phenoxy) is 1. The van der Waals surface area contributed by atoms with Gasteiger partial charge in [0.15, 0.2) is 6.10 Å². The van der Waals surface area contributed by atoms with Crippen LogP contribution in [0.5, 0.6) is 0 Å². The summed E-state index contributed by atoms with van der Waals surface area (Å²) in [5.74, 6) is -2.11. The average Bonchev–Trinajstić information content (AvgIpc) is 2.03. The van der Waals surface area contributed by atoms with E-state index in [-0.39, 0.29) is 13.0 Å². The molecule has 1 aliphatic heterocycles. The summed E-state index contributed by atoms with van der Waals surface area (Å²) in [6.45, 7) is -0.138. The monoisotopic (exact) mass is 198 g/mol. The molecule has 0 spiro atoms. The van der Waals surface area contributed by atoms with Crippen LogP contribution >= 0.6 is 0 Å². The van der Waals surface area contributed by atoms with E-state index in [1.165, 1.54) is 0 Å². The Morgan fingerprint density at radius 3 is 2.54 bits per heavy atom. The number of hydrogen-bond donors (Lipinski definition) is 1. The lowest BCUT2D eigenvalue weighted by Crippen LogP contribution is -2.39. The Kier molecular flexibility index (Phi) is 2.80. The molecule has 1 N–H and O–H groups in total. The first kappa shape index (κ1) is 10.3. The molecule has 1 heterocycles. The maximum Gasteiger partial charge on any atom is 0.414 e. The van der Waals surface area contributed by atoms with Crippen LogP contribution in [0.3, 0.4) is 0 Å². The zero-order valence-corrected chi connectivity index (χ0v) is 6.67. The highest BCUT2D eigenvalue weighted by Gasteiger charge is 2.45. The largest absolute Gasteiger partial charge is 0.481 e. The van der Waals surface area contributed by atoms with Gasteiger partial charge in [0.2, 0.25) is 0 Å². The van der Waals surface area contributed by atoms with Crippen LogP contribution < -0.4 is 0 Å². The van der Waals surface area contributed by atoms with Crippen molar-refractivity contribution in [3.63, 3.8) is 0 Å². The molecule has 0 bridgehead atoms. The second-order valence-corrected chi connectivity index (χ2v) is 2.96. The number of carboxylic acid groups (broad SMARTS) is 1. The molecule has 0 aliphatic carbocycles. The zero-order valence-electron chi connectivity index (χ0n) is 6.67. The van der Waals surface area contributed by atoms with Gasteiger partial charge in [-0.2, -0.15) is 13.2 Å². The standard InChI is InChI=1S/C7H9F3O3/c8-7(9,10)5-3-4(6(11)12)1-2-13-5/h4-5H,1-3H2,(H,11,12)/t4-,5-/m1/s1. The van der Waals surface area contributed by atoms with Crippen molar-refractivity contribution in [3.8, 4) is 0 Å². The van der Waals surface area contributed by atoms with E-state index in [0.29, 0.717) is 0 Å². The van der Waals surface area contributed by atoms with Crippen LogP contribution in [0.2, 0.25) is 0 Å². The predicted octanol–water partition coefficient (Wildman–Crippen LogP) is 1.43. The summed E-state index contributed by atoms with van der Waals surface area (Å²) in [6.07, 6.45) is -6.68. The van der Waals surface area contributed by atoms with Crippen LogP contribution in [0.1, 0.15) is 12.8 Å². The fourth-order valence-electron chi connectivity index (χ4n) is 1.25. The lowest BCUT2D eigenvalue weighted by atomic mass is 9.95. The van der Waals surface area contributed by atoms with E-state index in [2.05, 4.69) is 4.74 Å². The van der Waals surface area contributed by atoms with Crippen molar-refractivity contribution < 1.29 is 27.8 Å². The van der Waals surface area contributed by atoms with E-state index >= 15 is 0 Å². The van der Waals surface area contributed by atoms with Crippen LogP contribution in [-0.4, -0.2) is 30.0 Å². The molecule has 0 unspecified atom stereocenters. The summed E-state index contributed by atoms with van der Waals surface area (Å²) >= 11 is 0. The first-order valence-electron chi connectivity index (χ1n) is 3.82. The van der Waals surface area contributed by atoms with Crippen molar-refractivity contribution in [1.29, 1.82) is 0 Å². The molecule has 76 valence electrons. The highest BCUT2D eigenvalue weighted by Crippen LogP contribution is 2.32. The maximum atomic E-state index is 12.1. The second-order valence-electron chi connectivity index (χ2n) is 2.96. The molecule has 0 aromatic carbocycles. The van der Waals surface area contributed by atoms with Crippen LogP contribution in [0.25, 0.3) is 0 Å². The minimum atomic E-state index is -4.45. The molecule has 6 heteroatoms. The highest BCUT2D eigenvalue weighted by molar-refractivity contribution is 5.70. The Labute approximate surface area is 72.5 Å². The van der Waals surface area contributed by atoms with Crippen molar-refractivity contribution in [1.82, 2.24) is 0 Å². The van der Waals surface area contributed by atoms with E-state index in [1.807, 2.05) is 0 Å². The fraction of sp³-hybridized carbons (Fsp3) is 0.857. The SMILES string of the molecule is O=C(O)[C@@H]1CCO[C@@H](C(F)(F)F)C1. The molecule has 1 fully saturated rings. The van der Waals surface area contributed by atoms with Crippen LogP contribution in [0, 0.1) is 5.92 Å².